The molecule has 1 atom stereocenters. The Bertz CT molecular complexity index is 356. The van der Waals surface area contributed by atoms with E-state index in [4.69, 9.17) is 5.11 Å². The molecule has 0 saturated carbocycles. The van der Waals surface area contributed by atoms with Gasteiger partial charge < -0.3 is 5.11 Å². The van der Waals surface area contributed by atoms with E-state index < -0.39 is 36.1 Å². The fourth-order valence-corrected chi connectivity index (χ4v) is 1.43. The van der Waals surface area contributed by atoms with Gasteiger partial charge in [0.2, 0.25) is 0 Å². The van der Waals surface area contributed by atoms with Gasteiger partial charge in [0, 0.05) is 12.0 Å². The Labute approximate surface area is 91.9 Å². The maximum Gasteiger partial charge on any atom is 0.264 e. The molecule has 0 aliphatic heterocycles. The Balaban J connectivity index is 2.98. The van der Waals surface area contributed by atoms with Crippen molar-refractivity contribution in [3.05, 3.63) is 33.8 Å². The van der Waals surface area contributed by atoms with Crippen molar-refractivity contribution in [3.8, 4) is 0 Å². The minimum absolute atomic E-state index is 0.0274. The van der Waals surface area contributed by atoms with Crippen LogP contribution in [0.3, 0.4) is 0 Å². The van der Waals surface area contributed by atoms with Gasteiger partial charge in [0.05, 0.1) is 4.47 Å². The first-order valence-corrected chi connectivity index (χ1v) is 4.81. The van der Waals surface area contributed by atoms with Crippen molar-refractivity contribution in [2.45, 2.75) is 19.0 Å². The van der Waals surface area contributed by atoms with E-state index in [0.717, 1.165) is 12.1 Å². The van der Waals surface area contributed by atoms with Crippen LogP contribution in [0.1, 0.15) is 5.56 Å². The smallest absolute Gasteiger partial charge is 0.264 e. The molecule has 84 valence electrons. The van der Waals surface area contributed by atoms with E-state index in [9.17, 15) is 17.6 Å². The Morgan fingerprint density at radius 2 is 1.87 bits per heavy atom. The van der Waals surface area contributed by atoms with Crippen molar-refractivity contribution in [3.63, 3.8) is 0 Å². The van der Waals surface area contributed by atoms with Crippen LogP contribution >= 0.6 is 15.9 Å². The van der Waals surface area contributed by atoms with Gasteiger partial charge in [0.25, 0.3) is 6.43 Å². The molecular weight excluding hydrogens is 280 g/mol. The van der Waals surface area contributed by atoms with Gasteiger partial charge in [-0.1, -0.05) is 0 Å². The van der Waals surface area contributed by atoms with Crippen molar-refractivity contribution < 1.29 is 22.7 Å². The predicted molar refractivity (Wildman–Crippen MR) is 49.8 cm³/mol. The number of rotatable bonds is 3. The molecule has 1 aromatic rings. The Morgan fingerprint density at radius 1 is 1.27 bits per heavy atom. The van der Waals surface area contributed by atoms with Gasteiger partial charge >= 0.3 is 0 Å². The number of aliphatic hydroxyl groups is 1. The lowest BCUT2D eigenvalue weighted by Crippen LogP contribution is -2.21. The molecule has 0 bridgehead atoms. The van der Waals surface area contributed by atoms with Gasteiger partial charge in [-0.25, -0.2) is 17.6 Å². The average Bonchev–Trinajstić information content (AvgIpc) is 2.18. The molecule has 1 rings (SSSR count). The molecule has 0 aliphatic carbocycles. The van der Waals surface area contributed by atoms with Crippen LogP contribution in [-0.4, -0.2) is 17.6 Å². The molecule has 0 radical (unpaired) electrons. The first-order chi connectivity index (χ1) is 6.93. The third-order valence-corrected chi connectivity index (χ3v) is 2.46. The molecule has 1 aromatic carbocycles. The standard InChI is InChI=1S/C9H7BrF4O/c10-5-1-2-6(11)4(8(5)12)3-7(15)9(13)14/h1-2,7,9,15H,3H2. The lowest BCUT2D eigenvalue weighted by atomic mass is 10.1. The first-order valence-electron chi connectivity index (χ1n) is 4.02. The van der Waals surface area contributed by atoms with Crippen molar-refractivity contribution in [1.29, 1.82) is 0 Å². The minimum Gasteiger partial charge on any atom is -0.387 e. The summed E-state index contributed by atoms with van der Waals surface area (Å²) >= 11 is 2.80. The van der Waals surface area contributed by atoms with E-state index in [1.54, 1.807) is 0 Å². The molecule has 0 saturated heterocycles. The molecule has 1 N–H and O–H groups in total. The van der Waals surface area contributed by atoms with E-state index in [1.807, 2.05) is 0 Å². The lowest BCUT2D eigenvalue weighted by Gasteiger charge is -2.11. The summed E-state index contributed by atoms with van der Waals surface area (Å²) in [4.78, 5) is 0. The third-order valence-electron chi connectivity index (χ3n) is 1.84. The second kappa shape index (κ2) is 4.94. The van der Waals surface area contributed by atoms with Crippen LogP contribution < -0.4 is 0 Å². The zero-order chi connectivity index (χ0) is 11.6. The Hall–Kier alpha value is -0.620. The zero-order valence-electron chi connectivity index (χ0n) is 7.35. The maximum absolute atomic E-state index is 13.2. The molecule has 0 aromatic heterocycles. The van der Waals surface area contributed by atoms with Gasteiger partial charge in [0.1, 0.15) is 17.7 Å². The molecule has 15 heavy (non-hydrogen) atoms. The van der Waals surface area contributed by atoms with E-state index >= 15 is 0 Å². The minimum atomic E-state index is -3.03. The fraction of sp³-hybridized carbons (Fsp3) is 0.333. The van der Waals surface area contributed by atoms with Gasteiger partial charge in [-0.05, 0) is 28.1 Å². The molecule has 0 heterocycles. The largest absolute Gasteiger partial charge is 0.387 e. The highest BCUT2D eigenvalue weighted by molar-refractivity contribution is 9.10. The molecule has 0 spiro atoms. The van der Waals surface area contributed by atoms with Crippen LogP contribution in [0.15, 0.2) is 16.6 Å². The van der Waals surface area contributed by atoms with E-state index in [1.165, 1.54) is 0 Å². The molecule has 0 amide bonds. The summed E-state index contributed by atoms with van der Waals surface area (Å²) in [7, 11) is 0. The van der Waals surface area contributed by atoms with Gasteiger partial charge in [-0.15, -0.1) is 0 Å². The van der Waals surface area contributed by atoms with E-state index in [-0.39, 0.29) is 4.47 Å². The number of halogens is 5. The number of hydrogen-bond donors (Lipinski definition) is 1. The van der Waals surface area contributed by atoms with Gasteiger partial charge in [-0.3, -0.25) is 0 Å². The quantitative estimate of drug-likeness (QED) is 0.669. The van der Waals surface area contributed by atoms with Crippen molar-refractivity contribution in [2.75, 3.05) is 0 Å². The molecule has 0 aliphatic rings. The fourth-order valence-electron chi connectivity index (χ4n) is 1.05. The van der Waals surface area contributed by atoms with Crippen molar-refractivity contribution >= 4 is 15.9 Å². The summed E-state index contributed by atoms with van der Waals surface area (Å²) in [5.74, 6) is -1.91. The summed E-state index contributed by atoms with van der Waals surface area (Å²) in [6, 6.07) is 2.07. The predicted octanol–water partition coefficient (Wildman–Crippen LogP) is 2.90. The highest BCUT2D eigenvalue weighted by Crippen LogP contribution is 2.23. The summed E-state index contributed by atoms with van der Waals surface area (Å²) in [5.41, 5.74) is -0.544. The molecule has 1 nitrogen and oxygen atoms in total. The van der Waals surface area contributed by atoms with Crippen LogP contribution in [0, 0.1) is 11.6 Å². The summed E-state index contributed by atoms with van der Waals surface area (Å²) in [6.07, 6.45) is -5.85. The molecule has 6 heteroatoms. The van der Waals surface area contributed by atoms with Gasteiger partial charge in [-0.2, -0.15) is 0 Å². The molecular formula is C9H7BrF4O. The average molecular weight is 287 g/mol. The summed E-state index contributed by atoms with van der Waals surface area (Å²) in [5, 5.41) is 8.82. The van der Waals surface area contributed by atoms with Crippen molar-refractivity contribution in [2.24, 2.45) is 0 Å². The number of hydrogen-bond acceptors (Lipinski definition) is 1. The van der Waals surface area contributed by atoms with Crippen LogP contribution in [0.4, 0.5) is 17.6 Å². The van der Waals surface area contributed by atoms with Crippen LogP contribution in [0.2, 0.25) is 0 Å². The highest BCUT2D eigenvalue weighted by Gasteiger charge is 2.22. The normalized spacial score (nSPS) is 13.3. The summed E-state index contributed by atoms with van der Waals surface area (Å²) < 4.78 is 50.2. The van der Waals surface area contributed by atoms with Crippen molar-refractivity contribution in [1.82, 2.24) is 0 Å². The molecule has 1 unspecified atom stereocenters. The zero-order valence-corrected chi connectivity index (χ0v) is 8.94. The van der Waals surface area contributed by atoms with Crippen LogP contribution in [-0.2, 0) is 6.42 Å². The highest BCUT2D eigenvalue weighted by atomic mass is 79.9. The SMILES string of the molecule is OC(Cc1c(F)ccc(Br)c1F)C(F)F. The first kappa shape index (κ1) is 12.4. The second-order valence-electron chi connectivity index (χ2n) is 2.93. The lowest BCUT2D eigenvalue weighted by molar-refractivity contribution is -0.00449. The van der Waals surface area contributed by atoms with Crippen LogP contribution in [0.25, 0.3) is 0 Å². The topological polar surface area (TPSA) is 20.2 Å². The second-order valence-corrected chi connectivity index (χ2v) is 3.78. The maximum atomic E-state index is 13.2. The van der Waals surface area contributed by atoms with E-state index in [0.29, 0.717) is 0 Å². The Morgan fingerprint density at radius 3 is 2.40 bits per heavy atom. The number of alkyl halides is 2. The number of aliphatic hydroxyl groups excluding tert-OH is 1. The third kappa shape index (κ3) is 2.92. The number of benzene rings is 1. The Kier molecular flexibility index (Phi) is 4.10. The van der Waals surface area contributed by atoms with E-state index in [2.05, 4.69) is 15.9 Å². The van der Waals surface area contributed by atoms with Gasteiger partial charge in [0.15, 0.2) is 0 Å². The van der Waals surface area contributed by atoms with Crippen LogP contribution in [0.5, 0.6) is 0 Å². The summed E-state index contributed by atoms with van der Waals surface area (Å²) in [6.45, 7) is 0. The monoisotopic (exact) mass is 286 g/mol. The molecule has 0 fully saturated rings.